The summed E-state index contributed by atoms with van der Waals surface area (Å²) in [6, 6.07) is 25.3. The highest BCUT2D eigenvalue weighted by Crippen LogP contribution is 2.37. The summed E-state index contributed by atoms with van der Waals surface area (Å²) < 4.78 is 0.814. The molecule has 0 aliphatic rings. The zero-order valence-corrected chi connectivity index (χ0v) is 22.3. The second-order valence-corrected chi connectivity index (χ2v) is 10.2. The number of nitrogens with zero attached hydrogens (tertiary/aromatic N) is 2. The molecule has 3 aromatic carbocycles. The number of thioether (sulfide) groups is 1. The predicted octanol–water partition coefficient (Wildman–Crippen LogP) is 8.05. The van der Waals surface area contributed by atoms with Gasteiger partial charge in [-0.05, 0) is 59.6 Å². The fraction of sp³-hybridized carbons (Fsp3) is 0.107. The second kappa shape index (κ2) is 11.1. The monoisotopic (exact) mass is 561 g/mol. The Bertz CT molecular complexity index is 1450. The number of pyridine rings is 1. The minimum absolute atomic E-state index is 0.0985. The van der Waals surface area contributed by atoms with Crippen LogP contribution in [0.25, 0.3) is 22.4 Å². The van der Waals surface area contributed by atoms with Crippen molar-refractivity contribution in [2.45, 2.75) is 18.9 Å². The van der Waals surface area contributed by atoms with Gasteiger partial charge in [0.25, 0.3) is 0 Å². The molecule has 4 aromatic rings. The van der Waals surface area contributed by atoms with E-state index in [1.165, 1.54) is 11.8 Å². The van der Waals surface area contributed by atoms with Crippen LogP contribution in [0.4, 0.5) is 5.69 Å². The SMILES string of the molecule is Cc1ccc(-c2cc(-c3ccccc3Cl)c(C#N)c(SCC(=O)Nc3ccc(C)cc3Br)n2)cc1. The number of hydrogen-bond acceptors (Lipinski definition) is 4. The Hall–Kier alpha value is -3.11. The van der Waals surface area contributed by atoms with Crippen molar-refractivity contribution in [1.29, 1.82) is 5.26 Å². The van der Waals surface area contributed by atoms with E-state index in [1.807, 2.05) is 80.6 Å². The molecule has 0 aliphatic heterocycles. The van der Waals surface area contributed by atoms with Gasteiger partial charge in [-0.2, -0.15) is 5.26 Å². The van der Waals surface area contributed by atoms with Crippen LogP contribution in [-0.2, 0) is 4.79 Å². The van der Waals surface area contributed by atoms with Gasteiger partial charge in [0.2, 0.25) is 5.91 Å². The molecule has 0 spiro atoms. The van der Waals surface area contributed by atoms with Gasteiger partial charge in [-0.1, -0.05) is 77.5 Å². The van der Waals surface area contributed by atoms with Crippen LogP contribution >= 0.6 is 39.3 Å². The lowest BCUT2D eigenvalue weighted by Crippen LogP contribution is -2.14. The van der Waals surface area contributed by atoms with Crippen LogP contribution in [0.5, 0.6) is 0 Å². The van der Waals surface area contributed by atoms with Gasteiger partial charge in [-0.15, -0.1) is 0 Å². The molecule has 1 N–H and O–H groups in total. The molecule has 1 amide bonds. The third-order valence-corrected chi connectivity index (χ3v) is 7.31. The molecule has 35 heavy (non-hydrogen) atoms. The Morgan fingerprint density at radius 3 is 2.43 bits per heavy atom. The van der Waals surface area contributed by atoms with E-state index < -0.39 is 0 Å². The zero-order valence-electron chi connectivity index (χ0n) is 19.1. The van der Waals surface area contributed by atoms with Gasteiger partial charge in [0, 0.05) is 26.2 Å². The summed E-state index contributed by atoms with van der Waals surface area (Å²) in [4.78, 5) is 17.5. The Balaban J connectivity index is 1.70. The topological polar surface area (TPSA) is 65.8 Å². The smallest absolute Gasteiger partial charge is 0.234 e. The maximum Gasteiger partial charge on any atom is 0.234 e. The number of carbonyl (C=O) groups is 1. The number of aryl methyl sites for hydroxylation is 2. The van der Waals surface area contributed by atoms with E-state index in [9.17, 15) is 10.1 Å². The number of rotatable bonds is 6. The number of nitriles is 1. The maximum atomic E-state index is 12.7. The lowest BCUT2D eigenvalue weighted by Gasteiger charge is -2.14. The van der Waals surface area contributed by atoms with E-state index in [1.54, 1.807) is 6.07 Å². The fourth-order valence-electron chi connectivity index (χ4n) is 3.54. The zero-order chi connectivity index (χ0) is 24.9. The van der Waals surface area contributed by atoms with Crippen molar-refractivity contribution >= 4 is 50.9 Å². The van der Waals surface area contributed by atoms with Crippen LogP contribution in [0.1, 0.15) is 16.7 Å². The summed E-state index contributed by atoms with van der Waals surface area (Å²) in [7, 11) is 0. The predicted molar refractivity (Wildman–Crippen MR) is 148 cm³/mol. The van der Waals surface area contributed by atoms with Crippen molar-refractivity contribution < 1.29 is 4.79 Å². The average Bonchev–Trinajstić information content (AvgIpc) is 2.84. The van der Waals surface area contributed by atoms with Gasteiger partial charge >= 0.3 is 0 Å². The molecule has 4 nitrogen and oxygen atoms in total. The van der Waals surface area contributed by atoms with Crippen LogP contribution in [-0.4, -0.2) is 16.6 Å². The van der Waals surface area contributed by atoms with Crippen molar-refractivity contribution in [3.63, 3.8) is 0 Å². The van der Waals surface area contributed by atoms with Gasteiger partial charge < -0.3 is 5.32 Å². The number of hydrogen-bond donors (Lipinski definition) is 1. The van der Waals surface area contributed by atoms with Gasteiger partial charge in [0.05, 0.1) is 22.7 Å². The van der Waals surface area contributed by atoms with Crippen LogP contribution in [0, 0.1) is 25.2 Å². The molecule has 0 bridgehead atoms. The summed E-state index contributed by atoms with van der Waals surface area (Å²) in [5.74, 6) is -0.0910. The molecular weight excluding hydrogens is 542 g/mol. The first-order valence-electron chi connectivity index (χ1n) is 10.8. The third-order valence-electron chi connectivity index (χ3n) is 5.35. The second-order valence-electron chi connectivity index (χ2n) is 8.01. The first-order valence-corrected chi connectivity index (χ1v) is 13.0. The average molecular weight is 563 g/mol. The lowest BCUT2D eigenvalue weighted by atomic mass is 9.99. The van der Waals surface area contributed by atoms with E-state index in [0.717, 1.165) is 26.7 Å². The van der Waals surface area contributed by atoms with E-state index in [4.69, 9.17) is 16.6 Å². The summed E-state index contributed by atoms with van der Waals surface area (Å²) in [6.07, 6.45) is 0. The van der Waals surface area contributed by atoms with Crippen molar-refractivity contribution in [3.05, 3.63) is 99.0 Å². The Morgan fingerprint density at radius 2 is 1.74 bits per heavy atom. The van der Waals surface area contributed by atoms with Crippen LogP contribution < -0.4 is 5.32 Å². The summed E-state index contributed by atoms with van der Waals surface area (Å²) >= 11 is 11.2. The number of benzene rings is 3. The van der Waals surface area contributed by atoms with Crippen LogP contribution in [0.15, 0.2) is 82.3 Å². The quantitative estimate of drug-likeness (QED) is 0.241. The molecule has 1 heterocycles. The van der Waals surface area contributed by atoms with E-state index in [0.29, 0.717) is 32.6 Å². The first kappa shape index (κ1) is 25.0. The third kappa shape index (κ3) is 5.94. The minimum atomic E-state index is -0.190. The molecular formula is C28H21BrClN3OS. The molecule has 1 aromatic heterocycles. The normalized spacial score (nSPS) is 10.6. The largest absolute Gasteiger partial charge is 0.324 e. The van der Waals surface area contributed by atoms with Crippen LogP contribution in [0.3, 0.4) is 0 Å². The molecule has 0 saturated carbocycles. The Morgan fingerprint density at radius 1 is 1.03 bits per heavy atom. The van der Waals surface area contributed by atoms with Crippen molar-refractivity contribution in [2.75, 3.05) is 11.1 Å². The molecule has 4 rings (SSSR count). The van der Waals surface area contributed by atoms with Crippen molar-refractivity contribution in [1.82, 2.24) is 4.98 Å². The molecule has 7 heteroatoms. The van der Waals surface area contributed by atoms with Crippen molar-refractivity contribution in [3.8, 4) is 28.5 Å². The van der Waals surface area contributed by atoms with Crippen LogP contribution in [0.2, 0.25) is 5.02 Å². The molecule has 0 unspecified atom stereocenters. The maximum absolute atomic E-state index is 12.7. The highest BCUT2D eigenvalue weighted by atomic mass is 79.9. The Kier molecular flexibility index (Phi) is 7.92. The molecule has 174 valence electrons. The number of aromatic nitrogens is 1. The molecule has 0 radical (unpaired) electrons. The number of halogens is 2. The summed E-state index contributed by atoms with van der Waals surface area (Å²) in [5.41, 5.74) is 6.38. The van der Waals surface area contributed by atoms with Gasteiger partial charge in [-0.3, -0.25) is 4.79 Å². The highest BCUT2D eigenvalue weighted by Gasteiger charge is 2.18. The van der Waals surface area contributed by atoms with Gasteiger partial charge in [-0.25, -0.2) is 4.98 Å². The minimum Gasteiger partial charge on any atom is -0.324 e. The molecule has 0 atom stereocenters. The van der Waals surface area contributed by atoms with Gasteiger partial charge in [0.1, 0.15) is 11.1 Å². The van der Waals surface area contributed by atoms with E-state index in [-0.39, 0.29) is 11.7 Å². The number of amides is 1. The highest BCUT2D eigenvalue weighted by molar-refractivity contribution is 9.10. The molecule has 0 saturated heterocycles. The van der Waals surface area contributed by atoms with E-state index in [2.05, 4.69) is 27.3 Å². The summed E-state index contributed by atoms with van der Waals surface area (Å²) in [6.45, 7) is 4.01. The number of carbonyl (C=O) groups excluding carboxylic acids is 1. The molecule has 0 aliphatic carbocycles. The summed E-state index contributed by atoms with van der Waals surface area (Å²) in [5, 5.41) is 14.0. The fourth-order valence-corrected chi connectivity index (χ4v) is 5.17. The number of anilines is 1. The van der Waals surface area contributed by atoms with E-state index >= 15 is 0 Å². The standard InChI is InChI=1S/C28H21BrClN3OS/c1-17-7-10-19(11-8-17)26-14-21(20-5-3-4-6-24(20)30)22(15-31)28(33-26)35-16-27(34)32-25-12-9-18(2)13-23(25)29/h3-14H,16H2,1-2H3,(H,32,34). The van der Waals surface area contributed by atoms with Gasteiger partial charge in [0.15, 0.2) is 0 Å². The lowest BCUT2D eigenvalue weighted by molar-refractivity contribution is -0.113. The molecule has 0 fully saturated rings. The number of nitrogens with one attached hydrogen (secondary N) is 1. The van der Waals surface area contributed by atoms with Crippen molar-refractivity contribution in [2.24, 2.45) is 0 Å². The Labute approximate surface area is 222 Å². The first-order chi connectivity index (χ1) is 16.9.